The number of nitrogens with two attached hydrogens (primary N) is 1. The highest BCUT2D eigenvalue weighted by Crippen LogP contribution is 2.08. The van der Waals surface area contributed by atoms with E-state index in [2.05, 4.69) is 16.5 Å². The Morgan fingerprint density at radius 3 is 2.75 bits per heavy atom. The molecule has 0 aliphatic rings. The van der Waals surface area contributed by atoms with Gasteiger partial charge in [-0.05, 0) is 12.8 Å². The molecule has 0 aliphatic heterocycles. The van der Waals surface area contributed by atoms with Gasteiger partial charge in [0.25, 0.3) is 0 Å². The maximum atomic E-state index is 6.09. The molecule has 3 nitrogen and oxygen atoms in total. The Hall–Kier alpha value is -0.830. The van der Waals surface area contributed by atoms with Crippen molar-refractivity contribution < 1.29 is 0 Å². The van der Waals surface area contributed by atoms with Gasteiger partial charge in [0, 0.05) is 31.9 Å². The van der Waals surface area contributed by atoms with Gasteiger partial charge in [-0.3, -0.25) is 0 Å². The van der Waals surface area contributed by atoms with Gasteiger partial charge in [0.2, 0.25) is 0 Å². The molecule has 0 radical (unpaired) electrons. The van der Waals surface area contributed by atoms with Gasteiger partial charge in [-0.2, -0.15) is 0 Å². The summed E-state index contributed by atoms with van der Waals surface area (Å²) in [5.41, 5.74) is 6.09. The van der Waals surface area contributed by atoms with E-state index >= 15 is 0 Å². The van der Waals surface area contributed by atoms with Crippen LogP contribution >= 0.6 is 0 Å². The van der Waals surface area contributed by atoms with Crippen LogP contribution in [-0.4, -0.2) is 15.6 Å². The van der Waals surface area contributed by atoms with E-state index in [0.717, 1.165) is 25.1 Å². The van der Waals surface area contributed by atoms with Gasteiger partial charge < -0.3 is 10.3 Å². The maximum Gasteiger partial charge on any atom is 0.108 e. The van der Waals surface area contributed by atoms with Gasteiger partial charge in [0.1, 0.15) is 5.82 Å². The van der Waals surface area contributed by atoms with Crippen molar-refractivity contribution in [2.45, 2.75) is 57.9 Å². The molecule has 0 spiro atoms. The van der Waals surface area contributed by atoms with Crippen LogP contribution in [0.3, 0.4) is 0 Å². The minimum atomic E-state index is 0.341. The highest BCUT2D eigenvalue weighted by Gasteiger charge is 2.05. The van der Waals surface area contributed by atoms with Gasteiger partial charge in [-0.1, -0.05) is 32.6 Å². The average molecular weight is 223 g/mol. The van der Waals surface area contributed by atoms with Crippen molar-refractivity contribution in [2.75, 3.05) is 0 Å². The second-order valence-corrected chi connectivity index (χ2v) is 4.60. The van der Waals surface area contributed by atoms with Gasteiger partial charge in [0.15, 0.2) is 0 Å². The van der Waals surface area contributed by atoms with E-state index in [9.17, 15) is 0 Å². The van der Waals surface area contributed by atoms with Crippen LogP contribution in [0.5, 0.6) is 0 Å². The Labute approximate surface area is 99.1 Å². The van der Waals surface area contributed by atoms with E-state index in [-0.39, 0.29) is 0 Å². The minimum Gasteiger partial charge on any atom is -0.338 e. The molecule has 1 aromatic heterocycles. The smallest absolute Gasteiger partial charge is 0.108 e. The van der Waals surface area contributed by atoms with Crippen LogP contribution in [0, 0.1) is 0 Å². The lowest BCUT2D eigenvalue weighted by Crippen LogP contribution is -2.21. The molecule has 0 saturated carbocycles. The topological polar surface area (TPSA) is 43.8 Å². The molecule has 0 fully saturated rings. The Balaban J connectivity index is 2.10. The summed E-state index contributed by atoms with van der Waals surface area (Å²) in [5.74, 6) is 1.14. The Morgan fingerprint density at radius 2 is 2.12 bits per heavy atom. The molecule has 1 atom stereocenters. The van der Waals surface area contributed by atoms with E-state index < -0.39 is 0 Å². The summed E-state index contributed by atoms with van der Waals surface area (Å²) in [4.78, 5) is 4.30. The Bertz CT molecular complexity index is 280. The molecular weight excluding hydrogens is 198 g/mol. The van der Waals surface area contributed by atoms with Crippen molar-refractivity contribution >= 4 is 0 Å². The highest BCUT2D eigenvalue weighted by molar-refractivity contribution is 4.91. The van der Waals surface area contributed by atoms with Gasteiger partial charge in [-0.15, -0.1) is 0 Å². The predicted octanol–water partition coefficient (Wildman–Crippen LogP) is 2.65. The van der Waals surface area contributed by atoms with Crippen molar-refractivity contribution in [1.82, 2.24) is 9.55 Å². The number of imidazole rings is 1. The molecule has 2 N–H and O–H groups in total. The molecule has 0 bridgehead atoms. The van der Waals surface area contributed by atoms with Crippen molar-refractivity contribution in [3.63, 3.8) is 0 Å². The standard InChI is InChI=1S/C13H25N3/c1-3-4-5-6-7-12(14)8-9-13-15-10-11-16(13)2/h10-12H,3-9,14H2,1-2H3. The van der Waals surface area contributed by atoms with Gasteiger partial charge >= 0.3 is 0 Å². The maximum absolute atomic E-state index is 6.09. The number of aromatic nitrogens is 2. The van der Waals surface area contributed by atoms with Crippen LogP contribution in [0.1, 0.15) is 51.3 Å². The summed E-state index contributed by atoms with van der Waals surface area (Å²) >= 11 is 0. The van der Waals surface area contributed by atoms with Crippen LogP contribution < -0.4 is 5.73 Å². The number of unbranched alkanes of at least 4 members (excludes halogenated alkanes) is 3. The fourth-order valence-electron chi connectivity index (χ4n) is 1.93. The SMILES string of the molecule is CCCCCCC(N)CCc1nccn1C. The third-order valence-electron chi connectivity index (χ3n) is 3.09. The molecule has 0 amide bonds. The summed E-state index contributed by atoms with van der Waals surface area (Å²) in [6.07, 6.45) is 12.3. The number of nitrogens with zero attached hydrogens (tertiary/aromatic N) is 2. The van der Waals surface area contributed by atoms with Crippen LogP contribution in [0.2, 0.25) is 0 Å². The first kappa shape index (κ1) is 13.2. The third kappa shape index (κ3) is 4.79. The van der Waals surface area contributed by atoms with E-state index in [4.69, 9.17) is 5.73 Å². The molecule has 0 saturated heterocycles. The monoisotopic (exact) mass is 223 g/mol. The van der Waals surface area contributed by atoms with Gasteiger partial charge in [0.05, 0.1) is 0 Å². The third-order valence-corrected chi connectivity index (χ3v) is 3.09. The first-order chi connectivity index (χ1) is 7.74. The molecule has 1 rings (SSSR count). The van der Waals surface area contributed by atoms with E-state index in [1.807, 2.05) is 19.4 Å². The van der Waals surface area contributed by atoms with Crippen LogP contribution in [0.4, 0.5) is 0 Å². The summed E-state index contributed by atoms with van der Waals surface area (Å²) in [6, 6.07) is 0.341. The molecule has 1 aromatic rings. The van der Waals surface area contributed by atoms with Crippen LogP contribution in [0.25, 0.3) is 0 Å². The normalized spacial score (nSPS) is 12.9. The largest absolute Gasteiger partial charge is 0.338 e. The quantitative estimate of drug-likeness (QED) is 0.689. The molecule has 3 heteroatoms. The van der Waals surface area contributed by atoms with Crippen molar-refractivity contribution in [3.05, 3.63) is 18.2 Å². The second-order valence-electron chi connectivity index (χ2n) is 4.60. The van der Waals surface area contributed by atoms with Gasteiger partial charge in [-0.25, -0.2) is 4.98 Å². The molecule has 1 unspecified atom stereocenters. The minimum absolute atomic E-state index is 0.341. The average Bonchev–Trinajstić information content (AvgIpc) is 2.67. The number of hydrogen-bond acceptors (Lipinski definition) is 2. The summed E-state index contributed by atoms with van der Waals surface area (Å²) in [7, 11) is 2.04. The van der Waals surface area contributed by atoms with Crippen molar-refractivity contribution in [3.8, 4) is 0 Å². The zero-order valence-electron chi connectivity index (χ0n) is 10.7. The number of aryl methyl sites for hydroxylation is 2. The van der Waals surface area contributed by atoms with Crippen LogP contribution in [-0.2, 0) is 13.5 Å². The number of rotatable bonds is 8. The first-order valence-corrected chi connectivity index (χ1v) is 6.45. The first-order valence-electron chi connectivity index (χ1n) is 6.45. The molecule has 1 heterocycles. The van der Waals surface area contributed by atoms with Crippen molar-refractivity contribution in [2.24, 2.45) is 12.8 Å². The van der Waals surface area contributed by atoms with Crippen LogP contribution in [0.15, 0.2) is 12.4 Å². The Kier molecular flexibility index (Phi) is 6.16. The predicted molar refractivity (Wildman–Crippen MR) is 68.3 cm³/mol. The van der Waals surface area contributed by atoms with Crippen molar-refractivity contribution in [1.29, 1.82) is 0 Å². The second kappa shape index (κ2) is 7.44. The van der Waals surface area contributed by atoms with E-state index in [0.29, 0.717) is 6.04 Å². The molecule has 92 valence electrons. The molecule has 0 aromatic carbocycles. The fraction of sp³-hybridized carbons (Fsp3) is 0.769. The Morgan fingerprint density at radius 1 is 1.31 bits per heavy atom. The zero-order chi connectivity index (χ0) is 11.8. The summed E-state index contributed by atoms with van der Waals surface area (Å²) in [5, 5.41) is 0. The lowest BCUT2D eigenvalue weighted by molar-refractivity contribution is 0.514. The summed E-state index contributed by atoms with van der Waals surface area (Å²) < 4.78 is 2.07. The van der Waals surface area contributed by atoms with E-state index in [1.165, 1.54) is 25.7 Å². The molecule has 0 aliphatic carbocycles. The lowest BCUT2D eigenvalue weighted by Gasteiger charge is -2.10. The zero-order valence-corrected chi connectivity index (χ0v) is 10.7. The summed E-state index contributed by atoms with van der Waals surface area (Å²) in [6.45, 7) is 2.24. The lowest BCUT2D eigenvalue weighted by atomic mass is 10.0. The number of hydrogen-bond donors (Lipinski definition) is 1. The fourth-order valence-corrected chi connectivity index (χ4v) is 1.93. The highest BCUT2D eigenvalue weighted by atomic mass is 15.0. The molecule has 16 heavy (non-hydrogen) atoms. The molecular formula is C13H25N3. The van der Waals surface area contributed by atoms with E-state index in [1.54, 1.807) is 0 Å².